The number of nitrogens with zero attached hydrogens (tertiary/aromatic N) is 3. The number of ether oxygens (including phenoxy) is 1. The van der Waals surface area contributed by atoms with Crippen LogP contribution in [0.15, 0.2) is 59.8 Å². The van der Waals surface area contributed by atoms with E-state index in [9.17, 15) is 9.59 Å². The summed E-state index contributed by atoms with van der Waals surface area (Å²) in [5.41, 5.74) is 1.53. The molecule has 138 valence electrons. The maximum absolute atomic E-state index is 12.3. The molecule has 0 atom stereocenters. The average molecular weight is 382 g/mol. The van der Waals surface area contributed by atoms with Gasteiger partial charge in [0.1, 0.15) is 5.56 Å². The smallest absolute Gasteiger partial charge is 0.342 e. The molecule has 27 heavy (non-hydrogen) atoms. The molecule has 1 aromatic carbocycles. The van der Waals surface area contributed by atoms with Crippen molar-refractivity contribution in [3.05, 3.63) is 66.1 Å². The fourth-order valence-corrected chi connectivity index (χ4v) is 2.81. The second-order valence-corrected chi connectivity index (χ2v) is 6.48. The summed E-state index contributed by atoms with van der Waals surface area (Å²) in [4.78, 5) is 29.6. The van der Waals surface area contributed by atoms with Crippen LogP contribution in [0.2, 0.25) is 0 Å². The van der Waals surface area contributed by atoms with Crippen LogP contribution in [0.3, 0.4) is 0 Å². The first kappa shape index (κ1) is 18.7. The fourth-order valence-electron chi connectivity index (χ4n) is 2.40. The fraction of sp³-hybridized carbons (Fsp3) is 0.158. The Morgan fingerprint density at radius 1 is 1.19 bits per heavy atom. The molecule has 2 heterocycles. The van der Waals surface area contributed by atoms with E-state index in [0.29, 0.717) is 17.2 Å². The number of pyridine rings is 1. The molecule has 0 saturated heterocycles. The molecule has 0 unspecified atom stereocenters. The van der Waals surface area contributed by atoms with Crippen LogP contribution in [0.4, 0.5) is 5.69 Å². The molecule has 0 aliphatic rings. The number of carbonyl (C=O) groups is 2. The topological polar surface area (TPSA) is 86.1 Å². The summed E-state index contributed by atoms with van der Waals surface area (Å²) in [6.45, 7) is 1.36. The summed E-state index contributed by atoms with van der Waals surface area (Å²) in [5.74, 6) is -0.418. The van der Waals surface area contributed by atoms with Gasteiger partial charge in [-0.3, -0.25) is 4.79 Å². The van der Waals surface area contributed by atoms with E-state index in [0.717, 1.165) is 4.90 Å². The van der Waals surface area contributed by atoms with Crippen LogP contribution in [0.1, 0.15) is 16.1 Å². The first-order valence-electron chi connectivity index (χ1n) is 8.15. The number of thioether (sulfide) groups is 1. The summed E-state index contributed by atoms with van der Waals surface area (Å²) in [7, 11) is 0. The van der Waals surface area contributed by atoms with E-state index < -0.39 is 11.9 Å². The van der Waals surface area contributed by atoms with Gasteiger partial charge in [-0.2, -0.15) is 5.10 Å². The number of nitrogens with one attached hydrogen (secondary N) is 1. The standard InChI is InChI=1S/C19H18N4O3S/c1-13-16(11-21-23(13)17-5-3-4-10-20-17)19(25)26-12-18(24)22-14-6-8-15(27-2)9-7-14/h3-11H,12H2,1-2H3,(H,22,24). The van der Waals surface area contributed by atoms with Crippen molar-refractivity contribution < 1.29 is 14.3 Å². The van der Waals surface area contributed by atoms with E-state index >= 15 is 0 Å². The molecule has 0 saturated carbocycles. The molecule has 0 spiro atoms. The molecule has 0 aliphatic heterocycles. The zero-order valence-electron chi connectivity index (χ0n) is 14.9. The number of esters is 1. The van der Waals surface area contributed by atoms with Gasteiger partial charge in [0.2, 0.25) is 0 Å². The Balaban J connectivity index is 1.59. The third-order valence-electron chi connectivity index (χ3n) is 3.80. The maximum Gasteiger partial charge on any atom is 0.342 e. The Labute approximate surface area is 160 Å². The third kappa shape index (κ3) is 4.53. The Hall–Kier alpha value is -3.13. The minimum Gasteiger partial charge on any atom is -0.452 e. The number of anilines is 1. The second kappa shape index (κ2) is 8.50. The zero-order chi connectivity index (χ0) is 19.2. The van der Waals surface area contributed by atoms with Crippen LogP contribution in [0.25, 0.3) is 5.82 Å². The minimum absolute atomic E-state index is 0.290. The van der Waals surface area contributed by atoms with E-state index in [1.807, 2.05) is 24.5 Å². The number of amides is 1. The number of hydrogen-bond donors (Lipinski definition) is 1. The molecule has 1 amide bonds. The highest BCUT2D eigenvalue weighted by Crippen LogP contribution is 2.17. The summed E-state index contributed by atoms with van der Waals surface area (Å²) >= 11 is 1.62. The highest BCUT2D eigenvalue weighted by molar-refractivity contribution is 7.98. The number of benzene rings is 1. The summed E-state index contributed by atoms with van der Waals surface area (Å²) < 4.78 is 6.65. The van der Waals surface area contributed by atoms with Crippen molar-refractivity contribution in [1.82, 2.24) is 14.8 Å². The number of rotatable bonds is 6. The Morgan fingerprint density at radius 3 is 2.63 bits per heavy atom. The Kier molecular flexibility index (Phi) is 5.87. The lowest BCUT2D eigenvalue weighted by Gasteiger charge is -2.07. The predicted octanol–water partition coefficient (Wildman–Crippen LogP) is 3.09. The minimum atomic E-state index is -0.609. The molecule has 0 fully saturated rings. The van der Waals surface area contributed by atoms with Gasteiger partial charge >= 0.3 is 5.97 Å². The normalized spacial score (nSPS) is 10.4. The van der Waals surface area contributed by atoms with Gasteiger partial charge in [-0.15, -0.1) is 11.8 Å². The zero-order valence-corrected chi connectivity index (χ0v) is 15.7. The van der Waals surface area contributed by atoms with Crippen molar-refractivity contribution in [1.29, 1.82) is 0 Å². The Bertz CT molecular complexity index is 939. The lowest BCUT2D eigenvalue weighted by Crippen LogP contribution is -2.21. The van der Waals surface area contributed by atoms with E-state index in [4.69, 9.17) is 4.74 Å². The van der Waals surface area contributed by atoms with Crippen molar-refractivity contribution in [2.24, 2.45) is 0 Å². The molecule has 7 nitrogen and oxygen atoms in total. The third-order valence-corrected chi connectivity index (χ3v) is 4.55. The van der Waals surface area contributed by atoms with Gasteiger partial charge < -0.3 is 10.1 Å². The lowest BCUT2D eigenvalue weighted by molar-refractivity contribution is -0.119. The quantitative estimate of drug-likeness (QED) is 0.521. The molecule has 0 aliphatic carbocycles. The van der Waals surface area contributed by atoms with Crippen molar-refractivity contribution in [2.75, 3.05) is 18.2 Å². The molecule has 0 bridgehead atoms. The number of aromatic nitrogens is 3. The van der Waals surface area contributed by atoms with Gasteiger partial charge in [0.25, 0.3) is 5.91 Å². The molecular weight excluding hydrogens is 364 g/mol. The molecule has 2 aromatic heterocycles. The van der Waals surface area contributed by atoms with Crippen LogP contribution >= 0.6 is 11.8 Å². The van der Waals surface area contributed by atoms with Crippen LogP contribution < -0.4 is 5.32 Å². The molecule has 8 heteroatoms. The van der Waals surface area contributed by atoms with Gasteiger partial charge in [0.15, 0.2) is 12.4 Å². The van der Waals surface area contributed by atoms with Crippen LogP contribution in [-0.2, 0) is 9.53 Å². The SMILES string of the molecule is CSc1ccc(NC(=O)COC(=O)c2cnn(-c3ccccn3)c2C)cc1. The number of carbonyl (C=O) groups excluding carboxylic acids is 2. The predicted molar refractivity (Wildman–Crippen MR) is 103 cm³/mol. The summed E-state index contributed by atoms with van der Waals surface area (Å²) in [6, 6.07) is 12.8. The Morgan fingerprint density at radius 2 is 1.96 bits per heavy atom. The van der Waals surface area contributed by atoms with Crippen molar-refractivity contribution >= 4 is 29.3 Å². The lowest BCUT2D eigenvalue weighted by atomic mass is 10.2. The van der Waals surface area contributed by atoms with Gasteiger partial charge in [-0.25, -0.2) is 14.5 Å². The van der Waals surface area contributed by atoms with Crippen LogP contribution in [-0.4, -0.2) is 39.5 Å². The first-order chi connectivity index (χ1) is 13.1. The molecule has 0 radical (unpaired) electrons. The first-order valence-corrected chi connectivity index (χ1v) is 9.38. The van der Waals surface area contributed by atoms with E-state index in [-0.39, 0.29) is 12.2 Å². The molecule has 1 N–H and O–H groups in total. The monoisotopic (exact) mass is 382 g/mol. The van der Waals surface area contributed by atoms with E-state index in [1.54, 1.807) is 53.8 Å². The van der Waals surface area contributed by atoms with Crippen molar-refractivity contribution in [2.45, 2.75) is 11.8 Å². The van der Waals surface area contributed by atoms with E-state index in [2.05, 4.69) is 15.4 Å². The second-order valence-electron chi connectivity index (χ2n) is 5.60. The maximum atomic E-state index is 12.3. The van der Waals surface area contributed by atoms with Crippen molar-refractivity contribution in [3.63, 3.8) is 0 Å². The van der Waals surface area contributed by atoms with Crippen LogP contribution in [0, 0.1) is 6.92 Å². The van der Waals surface area contributed by atoms with E-state index in [1.165, 1.54) is 6.20 Å². The summed E-state index contributed by atoms with van der Waals surface area (Å²) in [6.07, 6.45) is 5.03. The van der Waals surface area contributed by atoms with Gasteiger partial charge in [-0.05, 0) is 49.6 Å². The number of hydrogen-bond acceptors (Lipinski definition) is 6. The summed E-state index contributed by atoms with van der Waals surface area (Å²) in [5, 5.41) is 6.86. The van der Waals surface area contributed by atoms with Gasteiger partial charge in [-0.1, -0.05) is 6.07 Å². The van der Waals surface area contributed by atoms with Crippen LogP contribution in [0.5, 0.6) is 0 Å². The highest BCUT2D eigenvalue weighted by atomic mass is 32.2. The highest BCUT2D eigenvalue weighted by Gasteiger charge is 2.18. The molecule has 3 rings (SSSR count). The van der Waals surface area contributed by atoms with Crippen molar-refractivity contribution in [3.8, 4) is 5.82 Å². The van der Waals surface area contributed by atoms with Gasteiger partial charge in [0.05, 0.1) is 11.9 Å². The molecule has 3 aromatic rings. The largest absolute Gasteiger partial charge is 0.452 e. The molecular formula is C19H18N4O3S. The van der Waals surface area contributed by atoms with Gasteiger partial charge in [0, 0.05) is 16.8 Å². The average Bonchev–Trinajstić information content (AvgIpc) is 3.09.